The summed E-state index contributed by atoms with van der Waals surface area (Å²) in [5.74, 6) is 0. The Hall–Kier alpha value is 4.57. The molecule has 24 valence electrons. The Labute approximate surface area is 141 Å². The number of hydrogen-bond donors (Lipinski definition) is 0. The quantitative estimate of drug-likeness (QED) is 0.277. The minimum atomic E-state index is 0. The Morgan fingerprint density at radius 3 is 1.14 bits per heavy atom. The normalized spacial score (nSPS) is 0.571. The van der Waals surface area contributed by atoms with Crippen LogP contribution in [0.4, 0.5) is 0 Å². The molecule has 0 aromatic heterocycles. The molecule has 0 aromatic carbocycles. The third-order valence-electron chi connectivity index (χ3n) is 0. The molecule has 0 spiro atoms. The Morgan fingerprint density at radius 2 is 1.14 bits per heavy atom. The molecule has 0 saturated heterocycles. The van der Waals surface area contributed by atoms with Gasteiger partial charge in [-0.1, -0.05) is 0 Å². The molecule has 0 aliphatic heterocycles. The van der Waals surface area contributed by atoms with Crippen LogP contribution < -0.4 is 0 Å². The number of hydrogen-bond acceptors (Lipinski definition) is 1. The first-order valence-corrected chi connectivity index (χ1v) is 1.79. The molecule has 0 heterocycles. The zero-order valence-corrected chi connectivity index (χ0v) is 23.4. The fraction of sp³-hybridized carbons (Fsp3) is 0. The predicted octanol–water partition coefficient (Wildman–Crippen LogP) is -1.65. The van der Waals surface area contributed by atoms with Gasteiger partial charge in [0.25, 0.3) is 0 Å². The molecule has 0 fully saturated rings. The summed E-state index contributed by atoms with van der Waals surface area (Å²) in [5.41, 5.74) is 0. The smallest absolute Gasteiger partial charge is 0 e. The van der Waals surface area contributed by atoms with E-state index in [-0.39, 0.29) is 142 Å². The molecule has 0 aromatic rings. The van der Waals surface area contributed by atoms with Crippen molar-refractivity contribution >= 4 is 95.3 Å². The van der Waals surface area contributed by atoms with Gasteiger partial charge >= 0.3 is 28.5 Å². The summed E-state index contributed by atoms with van der Waals surface area (Å²) in [6.45, 7) is 0. The molecule has 0 rings (SSSR count). The van der Waals surface area contributed by atoms with Gasteiger partial charge in [0.1, 0.15) is 0 Å². The maximum absolute atomic E-state index is 8.39. The van der Waals surface area contributed by atoms with E-state index in [0.29, 0.717) is 0 Å². The van der Waals surface area contributed by atoms with Gasteiger partial charge in [-0.25, -0.2) is 0 Å². The summed E-state index contributed by atoms with van der Waals surface area (Å²) >= 11 is 0.0556. The summed E-state index contributed by atoms with van der Waals surface area (Å²) in [5, 5.41) is 0. The standard InChI is InChI=1S/Cd.Ga.In.O.Pb.Sn.Zn. The molecule has 0 aliphatic carbocycles. The SMILES string of the molecule is [Cd].[Ga].[In].[O]=[Pb].[Sn].[Zn]. The molecule has 0 unspecified atom stereocenters. The molecular formula is CdGaInOPbSnZn. The van der Waals surface area contributed by atoms with Crippen LogP contribution in [0.2, 0.25) is 0 Å². The Kier molecular flexibility index (Phi) is 276. The Balaban J connectivity index is -0.000000000500. The van der Waals surface area contributed by atoms with E-state index in [1.807, 2.05) is 0 Å². The van der Waals surface area contributed by atoms with Crippen LogP contribution in [0.15, 0.2) is 0 Å². The maximum atomic E-state index is 8.39. The molecule has 0 bridgehead atoms. The predicted molar refractivity (Wildman–Crippen MR) is 23.7 cm³/mol. The summed E-state index contributed by atoms with van der Waals surface area (Å²) < 4.78 is 8.39. The van der Waals surface area contributed by atoms with Gasteiger partial charge in [0.2, 0.25) is 0 Å². The summed E-state index contributed by atoms with van der Waals surface area (Å²) in [4.78, 5) is 0. The van der Waals surface area contributed by atoms with Crippen LogP contribution >= 0.6 is 0 Å². The molecule has 7 heteroatoms. The van der Waals surface area contributed by atoms with Crippen molar-refractivity contribution in [3.8, 4) is 0 Å². The molecular weight excluding hydrogens is 704 g/mol. The minimum Gasteiger partial charge on any atom is 0 e. The van der Waals surface area contributed by atoms with Crippen LogP contribution in [0.1, 0.15) is 0 Å². The van der Waals surface area contributed by atoms with Crippen molar-refractivity contribution < 1.29 is 49.5 Å². The van der Waals surface area contributed by atoms with Gasteiger partial charge < -0.3 is 0 Å². The van der Waals surface area contributed by atoms with Crippen LogP contribution in [0.3, 0.4) is 0 Å². The molecule has 12 radical (unpaired) electrons. The van der Waals surface area contributed by atoms with Gasteiger partial charge in [0, 0.05) is 116 Å². The molecule has 0 amide bonds. The first kappa shape index (κ1) is 41.7. The zero-order valence-electron chi connectivity index (χ0n) is 3.98. The van der Waals surface area contributed by atoms with E-state index in [9.17, 15) is 0 Å². The van der Waals surface area contributed by atoms with Crippen molar-refractivity contribution in [3.63, 3.8) is 0 Å². The van der Waals surface area contributed by atoms with Gasteiger partial charge in [0.15, 0.2) is 0 Å². The van der Waals surface area contributed by atoms with Gasteiger partial charge in [0.05, 0.1) is 0 Å². The van der Waals surface area contributed by atoms with Crippen molar-refractivity contribution in [1.29, 1.82) is 0 Å². The third kappa shape index (κ3) is 37.2. The van der Waals surface area contributed by atoms with Crippen LogP contribution in [0, 0.1) is 0 Å². The minimum absolute atomic E-state index is 0. The molecule has 0 atom stereocenters. The Bertz CT molecular complexity index is 19.7. The van der Waals surface area contributed by atoms with E-state index in [1.165, 1.54) is 0 Å². The molecule has 0 saturated carbocycles. The zero-order chi connectivity index (χ0) is 2.00. The van der Waals surface area contributed by atoms with E-state index >= 15 is 0 Å². The van der Waals surface area contributed by atoms with Gasteiger partial charge in [-0.15, -0.1) is 0 Å². The largest absolute Gasteiger partial charge is 0 e. The second-order valence-corrected chi connectivity index (χ2v) is 0. The van der Waals surface area contributed by atoms with Gasteiger partial charge in [-0.05, 0) is 0 Å². The average molecular weight is 704 g/mol. The fourth-order valence-electron chi connectivity index (χ4n) is 0. The van der Waals surface area contributed by atoms with Crippen molar-refractivity contribution in [2.45, 2.75) is 0 Å². The van der Waals surface area contributed by atoms with Crippen LogP contribution in [0.25, 0.3) is 0 Å². The monoisotopic (exact) mass is 706 g/mol. The van der Waals surface area contributed by atoms with Gasteiger partial charge in [-0.2, -0.15) is 0 Å². The van der Waals surface area contributed by atoms with Crippen molar-refractivity contribution in [2.24, 2.45) is 0 Å². The van der Waals surface area contributed by atoms with Gasteiger partial charge in [-0.3, -0.25) is 0 Å². The van der Waals surface area contributed by atoms with E-state index in [4.69, 9.17) is 2.69 Å². The first-order valence-electron chi connectivity index (χ1n) is 0.204. The van der Waals surface area contributed by atoms with Crippen molar-refractivity contribution in [3.05, 3.63) is 0 Å². The van der Waals surface area contributed by atoms with Crippen LogP contribution in [-0.2, 0) is 49.5 Å². The summed E-state index contributed by atoms with van der Waals surface area (Å²) in [6, 6.07) is 0. The molecule has 1 nitrogen and oxygen atoms in total. The summed E-state index contributed by atoms with van der Waals surface area (Å²) in [7, 11) is 0. The van der Waals surface area contributed by atoms with E-state index in [1.54, 1.807) is 0 Å². The van der Waals surface area contributed by atoms with Crippen molar-refractivity contribution in [2.75, 3.05) is 0 Å². The van der Waals surface area contributed by atoms with Crippen LogP contribution in [0.5, 0.6) is 0 Å². The average Bonchev–Trinajstić information content (AvgIpc) is 1.00. The molecule has 0 aliphatic rings. The molecule has 7 heavy (non-hydrogen) atoms. The fourth-order valence-corrected chi connectivity index (χ4v) is 0. The van der Waals surface area contributed by atoms with E-state index in [2.05, 4.69) is 0 Å². The number of rotatable bonds is 0. The van der Waals surface area contributed by atoms with Crippen LogP contribution in [-0.4, -0.2) is 95.3 Å². The Morgan fingerprint density at radius 1 is 1.14 bits per heavy atom. The van der Waals surface area contributed by atoms with E-state index < -0.39 is 0 Å². The maximum Gasteiger partial charge on any atom is 0 e. The summed E-state index contributed by atoms with van der Waals surface area (Å²) in [6.07, 6.45) is 0. The first-order chi connectivity index (χ1) is 1.00. The topological polar surface area (TPSA) is 17.1 Å². The second-order valence-electron chi connectivity index (χ2n) is 0. The third-order valence-corrected chi connectivity index (χ3v) is 0. The second kappa shape index (κ2) is 46.3. The van der Waals surface area contributed by atoms with Crippen molar-refractivity contribution in [1.82, 2.24) is 0 Å². The molecule has 0 N–H and O–H groups in total. The van der Waals surface area contributed by atoms with E-state index in [0.717, 1.165) is 0 Å².